The van der Waals surface area contributed by atoms with Crippen LogP contribution in [0.15, 0.2) is 0 Å². The van der Waals surface area contributed by atoms with Crippen molar-refractivity contribution in [2.75, 3.05) is 6.61 Å². The van der Waals surface area contributed by atoms with Crippen LogP contribution < -0.4 is 0 Å². The molecule has 0 saturated carbocycles. The predicted molar refractivity (Wildman–Crippen MR) is 76.7 cm³/mol. The SMILES string of the molecule is CCCCC(CC)(CO)C(O)CCCCCC(O)O. The molecule has 2 unspecified atom stereocenters. The van der Waals surface area contributed by atoms with Gasteiger partial charge in [-0.3, -0.25) is 0 Å². The van der Waals surface area contributed by atoms with Crippen LogP contribution in [0.5, 0.6) is 0 Å². The van der Waals surface area contributed by atoms with Gasteiger partial charge in [0.2, 0.25) is 0 Å². The van der Waals surface area contributed by atoms with Gasteiger partial charge >= 0.3 is 0 Å². The molecule has 2 atom stereocenters. The first-order chi connectivity index (χ1) is 9.02. The summed E-state index contributed by atoms with van der Waals surface area (Å²) in [4.78, 5) is 0. The van der Waals surface area contributed by atoms with Gasteiger partial charge in [0.25, 0.3) is 0 Å². The third-order valence-electron chi connectivity index (χ3n) is 4.19. The molecule has 0 bridgehead atoms. The van der Waals surface area contributed by atoms with Crippen LogP contribution in [0, 0.1) is 5.41 Å². The van der Waals surface area contributed by atoms with Crippen molar-refractivity contribution in [3.05, 3.63) is 0 Å². The molecule has 0 fully saturated rings. The predicted octanol–water partition coefficient (Wildman–Crippen LogP) is 2.19. The molecule has 0 aliphatic carbocycles. The Bertz CT molecular complexity index is 202. The third kappa shape index (κ3) is 7.25. The second-order valence-corrected chi connectivity index (χ2v) is 5.61. The molecule has 0 amide bonds. The summed E-state index contributed by atoms with van der Waals surface area (Å²) in [5, 5.41) is 37.4. The van der Waals surface area contributed by atoms with Crippen LogP contribution in [-0.4, -0.2) is 39.4 Å². The first-order valence-electron chi connectivity index (χ1n) is 7.67. The quantitative estimate of drug-likeness (QED) is 0.325. The van der Waals surface area contributed by atoms with E-state index in [0.717, 1.165) is 44.9 Å². The lowest BCUT2D eigenvalue weighted by Crippen LogP contribution is -2.38. The Morgan fingerprint density at radius 1 is 0.895 bits per heavy atom. The summed E-state index contributed by atoms with van der Waals surface area (Å²) >= 11 is 0. The highest BCUT2D eigenvalue weighted by Crippen LogP contribution is 2.34. The Kier molecular flexibility index (Phi) is 10.5. The molecule has 0 saturated heterocycles. The number of aliphatic hydroxyl groups excluding tert-OH is 3. The summed E-state index contributed by atoms with van der Waals surface area (Å²) in [6.07, 6.45) is 5.66. The van der Waals surface area contributed by atoms with Crippen molar-refractivity contribution >= 4 is 0 Å². The van der Waals surface area contributed by atoms with E-state index in [9.17, 15) is 10.2 Å². The molecule has 4 heteroatoms. The Morgan fingerprint density at radius 2 is 1.53 bits per heavy atom. The molecule has 0 aromatic carbocycles. The van der Waals surface area contributed by atoms with E-state index >= 15 is 0 Å². The minimum absolute atomic E-state index is 0.0417. The average Bonchev–Trinajstić information content (AvgIpc) is 2.39. The van der Waals surface area contributed by atoms with Crippen LogP contribution in [-0.2, 0) is 0 Å². The Morgan fingerprint density at radius 3 is 2.00 bits per heavy atom. The van der Waals surface area contributed by atoms with Crippen molar-refractivity contribution in [1.29, 1.82) is 0 Å². The van der Waals surface area contributed by atoms with Gasteiger partial charge in [-0.1, -0.05) is 39.5 Å². The smallest absolute Gasteiger partial charge is 0.151 e. The fraction of sp³-hybridized carbons (Fsp3) is 1.00. The minimum Gasteiger partial charge on any atom is -0.396 e. The van der Waals surface area contributed by atoms with Crippen molar-refractivity contribution in [3.63, 3.8) is 0 Å². The molecule has 0 aliphatic rings. The van der Waals surface area contributed by atoms with Gasteiger partial charge in [0, 0.05) is 5.41 Å². The van der Waals surface area contributed by atoms with E-state index in [2.05, 4.69) is 6.92 Å². The molecule has 0 heterocycles. The molecule has 0 aliphatic heterocycles. The van der Waals surface area contributed by atoms with Crippen LogP contribution >= 0.6 is 0 Å². The first-order valence-corrected chi connectivity index (χ1v) is 7.67. The lowest BCUT2D eigenvalue weighted by molar-refractivity contribution is -0.0476. The Labute approximate surface area is 117 Å². The molecule has 116 valence electrons. The normalized spacial score (nSPS) is 16.6. The maximum atomic E-state index is 10.3. The zero-order valence-electron chi connectivity index (χ0n) is 12.5. The highest BCUT2D eigenvalue weighted by atomic mass is 16.5. The molecular formula is C15H32O4. The van der Waals surface area contributed by atoms with E-state index in [-0.39, 0.29) is 12.0 Å². The number of hydrogen-bond acceptors (Lipinski definition) is 4. The van der Waals surface area contributed by atoms with E-state index in [1.807, 2.05) is 6.92 Å². The maximum absolute atomic E-state index is 10.3. The van der Waals surface area contributed by atoms with Crippen LogP contribution in [0.1, 0.15) is 71.6 Å². The third-order valence-corrected chi connectivity index (χ3v) is 4.19. The minimum atomic E-state index is -1.22. The van der Waals surface area contributed by atoms with Gasteiger partial charge in [0.1, 0.15) is 0 Å². The summed E-state index contributed by atoms with van der Waals surface area (Å²) < 4.78 is 0. The van der Waals surface area contributed by atoms with Gasteiger partial charge in [-0.05, 0) is 32.1 Å². The highest BCUT2D eigenvalue weighted by Gasteiger charge is 2.34. The van der Waals surface area contributed by atoms with E-state index in [4.69, 9.17) is 10.2 Å². The Hall–Kier alpha value is -0.160. The maximum Gasteiger partial charge on any atom is 0.151 e. The molecule has 0 aromatic heterocycles. The Balaban J connectivity index is 4.06. The van der Waals surface area contributed by atoms with Gasteiger partial charge in [0.05, 0.1) is 12.7 Å². The number of rotatable bonds is 12. The van der Waals surface area contributed by atoms with Crippen LogP contribution in [0.2, 0.25) is 0 Å². The van der Waals surface area contributed by atoms with Crippen LogP contribution in [0.25, 0.3) is 0 Å². The lowest BCUT2D eigenvalue weighted by Gasteiger charge is -2.36. The summed E-state index contributed by atoms with van der Waals surface area (Å²) in [6.45, 7) is 4.18. The summed E-state index contributed by atoms with van der Waals surface area (Å²) in [5.74, 6) is 0. The van der Waals surface area contributed by atoms with Gasteiger partial charge in [0.15, 0.2) is 6.29 Å². The zero-order chi connectivity index (χ0) is 14.7. The zero-order valence-corrected chi connectivity index (χ0v) is 12.5. The van der Waals surface area contributed by atoms with Crippen LogP contribution in [0.4, 0.5) is 0 Å². The fourth-order valence-electron chi connectivity index (χ4n) is 2.55. The van der Waals surface area contributed by atoms with E-state index in [0.29, 0.717) is 12.8 Å². The summed E-state index contributed by atoms with van der Waals surface area (Å²) in [5.41, 5.74) is -0.355. The van der Waals surface area contributed by atoms with Crippen LogP contribution in [0.3, 0.4) is 0 Å². The first kappa shape index (κ1) is 18.8. The molecular weight excluding hydrogens is 244 g/mol. The topological polar surface area (TPSA) is 80.9 Å². The molecule has 0 radical (unpaired) electrons. The van der Waals surface area contributed by atoms with Gasteiger partial charge < -0.3 is 20.4 Å². The largest absolute Gasteiger partial charge is 0.396 e. The van der Waals surface area contributed by atoms with Crippen molar-refractivity contribution in [3.8, 4) is 0 Å². The highest BCUT2D eigenvalue weighted by molar-refractivity contribution is 4.84. The molecule has 4 nitrogen and oxygen atoms in total. The lowest BCUT2D eigenvalue weighted by atomic mass is 9.74. The van der Waals surface area contributed by atoms with E-state index in [1.165, 1.54) is 0 Å². The summed E-state index contributed by atoms with van der Waals surface area (Å²) in [6, 6.07) is 0. The second-order valence-electron chi connectivity index (χ2n) is 5.61. The van der Waals surface area contributed by atoms with Gasteiger partial charge in [-0.15, -0.1) is 0 Å². The van der Waals surface area contributed by atoms with Gasteiger partial charge in [-0.25, -0.2) is 0 Å². The molecule has 4 N–H and O–H groups in total. The van der Waals surface area contributed by atoms with Crippen molar-refractivity contribution in [2.24, 2.45) is 5.41 Å². The standard InChI is InChI=1S/C15H32O4/c1-3-5-11-15(4-2,12-16)13(17)9-7-6-8-10-14(18)19/h13-14,16-19H,3-12H2,1-2H3. The van der Waals surface area contributed by atoms with Crippen molar-refractivity contribution < 1.29 is 20.4 Å². The molecule has 0 aromatic rings. The molecule has 19 heavy (non-hydrogen) atoms. The second kappa shape index (κ2) is 10.6. The monoisotopic (exact) mass is 276 g/mol. The molecule has 0 spiro atoms. The number of unbranched alkanes of at least 4 members (excludes halogenated alkanes) is 3. The molecule has 0 rings (SSSR count). The van der Waals surface area contributed by atoms with E-state index in [1.54, 1.807) is 0 Å². The number of hydrogen-bond donors (Lipinski definition) is 4. The van der Waals surface area contributed by atoms with E-state index < -0.39 is 12.4 Å². The van der Waals surface area contributed by atoms with Crippen molar-refractivity contribution in [2.45, 2.75) is 84.0 Å². The van der Waals surface area contributed by atoms with Crippen molar-refractivity contribution in [1.82, 2.24) is 0 Å². The average molecular weight is 276 g/mol. The number of aliphatic hydroxyl groups is 4. The fourth-order valence-corrected chi connectivity index (χ4v) is 2.55. The summed E-state index contributed by atoms with van der Waals surface area (Å²) in [7, 11) is 0. The van der Waals surface area contributed by atoms with Gasteiger partial charge in [-0.2, -0.15) is 0 Å².